The Morgan fingerprint density at radius 1 is 1.31 bits per heavy atom. The summed E-state index contributed by atoms with van der Waals surface area (Å²) >= 11 is 5.72. The highest BCUT2D eigenvalue weighted by atomic mass is 35.5. The zero-order valence-electron chi connectivity index (χ0n) is 7.80. The third-order valence-electron chi connectivity index (χ3n) is 2.91. The van der Waals surface area contributed by atoms with Gasteiger partial charge >= 0.3 is 0 Å². The van der Waals surface area contributed by atoms with E-state index in [4.69, 9.17) is 11.6 Å². The van der Waals surface area contributed by atoms with Crippen LogP contribution in [0.15, 0.2) is 24.3 Å². The van der Waals surface area contributed by atoms with Crippen molar-refractivity contribution in [3.8, 4) is 0 Å². The molecule has 1 saturated carbocycles. The standard InChI is InChI=1S/C12H15Cl/c13-8-7-10-3-1-6-12(9-10)11-4-2-5-11/h1,3,6,9,11H,2,4-5,7-8H2. The average Bonchev–Trinajstić information content (AvgIpc) is 2.02. The molecule has 0 bridgehead atoms. The van der Waals surface area contributed by atoms with Gasteiger partial charge in [0.1, 0.15) is 0 Å². The maximum absolute atomic E-state index is 5.72. The van der Waals surface area contributed by atoms with E-state index in [1.54, 1.807) is 0 Å². The summed E-state index contributed by atoms with van der Waals surface area (Å²) < 4.78 is 0. The van der Waals surface area contributed by atoms with Gasteiger partial charge in [-0.05, 0) is 36.3 Å². The second kappa shape index (κ2) is 4.15. The van der Waals surface area contributed by atoms with Crippen LogP contribution in [-0.4, -0.2) is 5.88 Å². The number of halogens is 1. The Balaban J connectivity index is 2.11. The van der Waals surface area contributed by atoms with Gasteiger partial charge in [-0.25, -0.2) is 0 Å². The highest BCUT2D eigenvalue weighted by Gasteiger charge is 2.19. The van der Waals surface area contributed by atoms with Crippen molar-refractivity contribution in [2.75, 3.05) is 5.88 Å². The molecule has 0 unspecified atom stereocenters. The summed E-state index contributed by atoms with van der Waals surface area (Å²) in [7, 11) is 0. The van der Waals surface area contributed by atoms with Gasteiger partial charge in [0.2, 0.25) is 0 Å². The van der Waals surface area contributed by atoms with Crippen LogP contribution in [-0.2, 0) is 6.42 Å². The summed E-state index contributed by atoms with van der Waals surface area (Å²) in [5.74, 6) is 1.57. The first kappa shape index (κ1) is 9.08. The molecule has 0 aromatic heterocycles. The Kier molecular flexibility index (Phi) is 2.90. The lowest BCUT2D eigenvalue weighted by molar-refractivity contribution is 0.419. The van der Waals surface area contributed by atoms with Gasteiger partial charge in [-0.15, -0.1) is 11.6 Å². The maximum atomic E-state index is 5.72. The predicted molar refractivity (Wildman–Crippen MR) is 57.5 cm³/mol. The van der Waals surface area contributed by atoms with E-state index >= 15 is 0 Å². The molecule has 1 fully saturated rings. The molecule has 0 heterocycles. The summed E-state index contributed by atoms with van der Waals surface area (Å²) in [5, 5.41) is 0. The van der Waals surface area contributed by atoms with Crippen molar-refractivity contribution in [2.45, 2.75) is 31.6 Å². The highest BCUT2D eigenvalue weighted by Crippen LogP contribution is 2.36. The number of benzene rings is 1. The van der Waals surface area contributed by atoms with Gasteiger partial charge in [-0.3, -0.25) is 0 Å². The molecular formula is C12H15Cl. The molecule has 0 aliphatic heterocycles. The van der Waals surface area contributed by atoms with Crippen molar-refractivity contribution in [3.05, 3.63) is 35.4 Å². The smallest absolute Gasteiger partial charge is 0.0263 e. The summed E-state index contributed by atoms with van der Waals surface area (Å²) in [5.41, 5.74) is 2.91. The molecule has 1 heteroatoms. The van der Waals surface area contributed by atoms with Gasteiger partial charge in [-0.2, -0.15) is 0 Å². The van der Waals surface area contributed by atoms with Crippen molar-refractivity contribution in [3.63, 3.8) is 0 Å². The Labute approximate surface area is 84.9 Å². The molecule has 0 saturated heterocycles. The number of hydrogen-bond acceptors (Lipinski definition) is 0. The predicted octanol–water partition coefficient (Wildman–Crippen LogP) is 3.74. The first-order valence-electron chi connectivity index (χ1n) is 5.05. The van der Waals surface area contributed by atoms with E-state index in [1.165, 1.54) is 30.4 Å². The topological polar surface area (TPSA) is 0 Å². The molecular weight excluding hydrogens is 180 g/mol. The van der Waals surface area contributed by atoms with Gasteiger partial charge < -0.3 is 0 Å². The fourth-order valence-electron chi connectivity index (χ4n) is 1.85. The van der Waals surface area contributed by atoms with Crippen LogP contribution in [0.3, 0.4) is 0 Å². The van der Waals surface area contributed by atoms with Gasteiger partial charge in [0.25, 0.3) is 0 Å². The molecule has 1 aliphatic carbocycles. The first-order valence-corrected chi connectivity index (χ1v) is 5.58. The minimum Gasteiger partial charge on any atom is -0.126 e. The molecule has 1 aromatic carbocycles. The lowest BCUT2D eigenvalue weighted by Crippen LogP contribution is -2.08. The maximum Gasteiger partial charge on any atom is 0.0263 e. The number of aryl methyl sites for hydroxylation is 1. The molecule has 1 aromatic rings. The summed E-state index contributed by atoms with van der Waals surface area (Å²) in [6.07, 6.45) is 5.17. The second-order valence-corrected chi connectivity index (χ2v) is 4.19. The van der Waals surface area contributed by atoms with E-state index in [1.807, 2.05) is 0 Å². The molecule has 0 spiro atoms. The Hall–Kier alpha value is -0.490. The van der Waals surface area contributed by atoms with Gasteiger partial charge in [0, 0.05) is 5.88 Å². The Morgan fingerprint density at radius 3 is 2.77 bits per heavy atom. The zero-order chi connectivity index (χ0) is 9.10. The quantitative estimate of drug-likeness (QED) is 0.644. The van der Waals surface area contributed by atoms with E-state index in [0.29, 0.717) is 0 Å². The highest BCUT2D eigenvalue weighted by molar-refractivity contribution is 6.17. The van der Waals surface area contributed by atoms with Crippen molar-refractivity contribution in [1.82, 2.24) is 0 Å². The van der Waals surface area contributed by atoms with Crippen LogP contribution >= 0.6 is 11.6 Å². The molecule has 13 heavy (non-hydrogen) atoms. The van der Waals surface area contributed by atoms with Crippen molar-refractivity contribution in [1.29, 1.82) is 0 Å². The third-order valence-corrected chi connectivity index (χ3v) is 3.10. The summed E-state index contributed by atoms with van der Waals surface area (Å²) in [4.78, 5) is 0. The molecule has 2 rings (SSSR count). The van der Waals surface area contributed by atoms with Crippen LogP contribution in [0.4, 0.5) is 0 Å². The number of alkyl halides is 1. The van der Waals surface area contributed by atoms with Gasteiger partial charge in [0.05, 0.1) is 0 Å². The lowest BCUT2D eigenvalue weighted by Gasteiger charge is -2.26. The van der Waals surface area contributed by atoms with Crippen LogP contribution in [0.1, 0.15) is 36.3 Å². The monoisotopic (exact) mass is 194 g/mol. The fraction of sp³-hybridized carbons (Fsp3) is 0.500. The largest absolute Gasteiger partial charge is 0.126 e. The van der Waals surface area contributed by atoms with E-state index in [9.17, 15) is 0 Å². The van der Waals surface area contributed by atoms with Crippen LogP contribution < -0.4 is 0 Å². The Morgan fingerprint density at radius 2 is 2.15 bits per heavy atom. The molecule has 0 nitrogen and oxygen atoms in total. The van der Waals surface area contributed by atoms with Crippen LogP contribution in [0, 0.1) is 0 Å². The Bertz CT molecular complexity index is 276. The number of hydrogen-bond donors (Lipinski definition) is 0. The van der Waals surface area contributed by atoms with E-state index < -0.39 is 0 Å². The van der Waals surface area contributed by atoms with E-state index in [0.717, 1.165) is 18.2 Å². The third kappa shape index (κ3) is 2.05. The van der Waals surface area contributed by atoms with Crippen molar-refractivity contribution < 1.29 is 0 Å². The fourth-order valence-corrected chi connectivity index (χ4v) is 2.07. The molecule has 0 amide bonds. The first-order chi connectivity index (χ1) is 6.40. The average molecular weight is 195 g/mol. The van der Waals surface area contributed by atoms with Crippen LogP contribution in [0.25, 0.3) is 0 Å². The van der Waals surface area contributed by atoms with Crippen molar-refractivity contribution >= 4 is 11.6 Å². The van der Waals surface area contributed by atoms with Crippen molar-refractivity contribution in [2.24, 2.45) is 0 Å². The van der Waals surface area contributed by atoms with Crippen LogP contribution in [0.5, 0.6) is 0 Å². The molecule has 0 radical (unpaired) electrons. The molecule has 70 valence electrons. The second-order valence-electron chi connectivity index (χ2n) is 3.81. The summed E-state index contributed by atoms with van der Waals surface area (Å²) in [6, 6.07) is 8.91. The molecule has 1 aliphatic rings. The SMILES string of the molecule is ClCCc1cccc(C2CCC2)c1. The zero-order valence-corrected chi connectivity index (χ0v) is 8.56. The van der Waals surface area contributed by atoms with Gasteiger partial charge in [-0.1, -0.05) is 30.7 Å². The molecule has 0 N–H and O–H groups in total. The number of rotatable bonds is 3. The van der Waals surface area contributed by atoms with Crippen LogP contribution in [0.2, 0.25) is 0 Å². The minimum absolute atomic E-state index is 0.730. The summed E-state index contributed by atoms with van der Waals surface area (Å²) in [6.45, 7) is 0. The minimum atomic E-state index is 0.730. The van der Waals surface area contributed by atoms with E-state index in [-0.39, 0.29) is 0 Å². The lowest BCUT2D eigenvalue weighted by atomic mass is 9.79. The normalized spacial score (nSPS) is 17.0. The van der Waals surface area contributed by atoms with Gasteiger partial charge in [0.15, 0.2) is 0 Å². The molecule has 0 atom stereocenters. The van der Waals surface area contributed by atoms with E-state index in [2.05, 4.69) is 24.3 Å².